The monoisotopic (exact) mass is 239 g/mol. The number of carbonyl (C=O) groups is 2. The van der Waals surface area contributed by atoms with Gasteiger partial charge < -0.3 is 0 Å². The molecule has 2 fully saturated rings. The summed E-state index contributed by atoms with van der Waals surface area (Å²) in [4.78, 5) is 23.6. The van der Waals surface area contributed by atoms with Crippen molar-refractivity contribution in [1.82, 2.24) is 15.6 Å². The Balaban J connectivity index is 1.92. The molecule has 2 heterocycles. The fraction of sp³-hybridized carbons (Fsp3) is 0.833. The van der Waals surface area contributed by atoms with E-state index in [0.29, 0.717) is 25.9 Å². The van der Waals surface area contributed by atoms with Crippen LogP contribution in [0.4, 0.5) is 0 Å². The molecular weight excluding hydrogens is 218 g/mol. The van der Waals surface area contributed by atoms with Crippen LogP contribution in [0.5, 0.6) is 0 Å². The van der Waals surface area contributed by atoms with Gasteiger partial charge in [0.05, 0.1) is 0 Å². The molecule has 2 rings (SSSR count). The fourth-order valence-corrected chi connectivity index (χ4v) is 2.32. The normalized spacial score (nSPS) is 23.5. The lowest BCUT2D eigenvalue weighted by Gasteiger charge is -2.29. The quantitative estimate of drug-likeness (QED) is 0.788. The van der Waals surface area contributed by atoms with Crippen LogP contribution < -0.4 is 5.53 Å². The number of carbonyl (C=O) groups excluding carboxylic acids is 2. The lowest BCUT2D eigenvalue weighted by Crippen LogP contribution is -2.54. The van der Waals surface area contributed by atoms with Gasteiger partial charge in [-0.25, -0.2) is 0 Å². The number of hydrogen-bond acceptors (Lipinski definition) is 3. The smallest absolute Gasteiger partial charge is 0.238 e. The van der Waals surface area contributed by atoms with Gasteiger partial charge in [0.1, 0.15) is 0 Å². The lowest BCUT2D eigenvalue weighted by molar-refractivity contribution is -0.148. The number of nitrogens with zero attached hydrogens (tertiary/aromatic N) is 2. The summed E-state index contributed by atoms with van der Waals surface area (Å²) in [6.45, 7) is 1.42. The molecular formula is C12H21N3O2. The Labute approximate surface area is 102 Å². The van der Waals surface area contributed by atoms with E-state index in [1.807, 2.05) is 0 Å². The predicted octanol–water partition coefficient (Wildman–Crippen LogP) is 1.21. The van der Waals surface area contributed by atoms with E-state index in [4.69, 9.17) is 0 Å². The molecule has 5 nitrogen and oxygen atoms in total. The Bertz CT molecular complexity index is 265. The van der Waals surface area contributed by atoms with Gasteiger partial charge in [0, 0.05) is 25.9 Å². The first-order chi connectivity index (χ1) is 8.27. The van der Waals surface area contributed by atoms with Gasteiger partial charge in [-0.1, -0.05) is 12.8 Å². The second-order valence-corrected chi connectivity index (χ2v) is 4.81. The number of nitrogens with one attached hydrogen (secondary N) is 1. The van der Waals surface area contributed by atoms with E-state index in [-0.39, 0.29) is 11.8 Å². The predicted molar refractivity (Wildman–Crippen MR) is 63.5 cm³/mol. The van der Waals surface area contributed by atoms with E-state index in [2.05, 4.69) is 5.53 Å². The van der Waals surface area contributed by atoms with E-state index < -0.39 is 0 Å². The summed E-state index contributed by atoms with van der Waals surface area (Å²) in [7, 11) is 0. The second kappa shape index (κ2) is 6.00. The van der Waals surface area contributed by atoms with Gasteiger partial charge in [0.2, 0.25) is 11.8 Å². The third kappa shape index (κ3) is 3.43. The van der Waals surface area contributed by atoms with Crippen molar-refractivity contribution in [2.75, 3.05) is 13.1 Å². The number of hydrogen-bond donors (Lipinski definition) is 1. The highest BCUT2D eigenvalue weighted by molar-refractivity contribution is 5.78. The average Bonchev–Trinajstić information content (AvgIpc) is 2.63. The van der Waals surface area contributed by atoms with Crippen LogP contribution in [-0.4, -0.2) is 34.9 Å². The Morgan fingerprint density at radius 1 is 0.706 bits per heavy atom. The summed E-state index contributed by atoms with van der Waals surface area (Å²) in [5, 5.41) is 3.24. The molecule has 0 radical (unpaired) electrons. The van der Waals surface area contributed by atoms with E-state index in [1.54, 1.807) is 10.0 Å². The molecule has 0 aromatic rings. The van der Waals surface area contributed by atoms with Gasteiger partial charge in [0.15, 0.2) is 0 Å². The highest BCUT2D eigenvalue weighted by Gasteiger charge is 2.22. The molecule has 0 spiro atoms. The summed E-state index contributed by atoms with van der Waals surface area (Å²) < 4.78 is 0. The van der Waals surface area contributed by atoms with Crippen molar-refractivity contribution < 1.29 is 9.59 Å². The molecule has 0 atom stereocenters. The molecule has 0 aromatic heterocycles. The lowest BCUT2D eigenvalue weighted by atomic mass is 10.2. The van der Waals surface area contributed by atoms with Crippen LogP contribution >= 0.6 is 0 Å². The van der Waals surface area contributed by atoms with Crippen LogP contribution in [0.1, 0.15) is 51.4 Å². The molecule has 2 aliphatic heterocycles. The van der Waals surface area contributed by atoms with E-state index >= 15 is 0 Å². The first-order valence-electron chi connectivity index (χ1n) is 6.64. The van der Waals surface area contributed by atoms with E-state index in [0.717, 1.165) is 38.5 Å². The summed E-state index contributed by atoms with van der Waals surface area (Å²) in [5.74, 6) is 0.221. The minimum Gasteiger partial charge on any atom is -0.273 e. The van der Waals surface area contributed by atoms with Crippen LogP contribution in [-0.2, 0) is 9.59 Å². The van der Waals surface area contributed by atoms with E-state index in [9.17, 15) is 9.59 Å². The Kier molecular flexibility index (Phi) is 4.36. The summed E-state index contributed by atoms with van der Waals surface area (Å²) in [6.07, 6.45) is 7.33. The Morgan fingerprint density at radius 3 is 1.65 bits per heavy atom. The third-order valence-electron chi connectivity index (χ3n) is 3.39. The fourth-order valence-electron chi connectivity index (χ4n) is 2.32. The summed E-state index contributed by atoms with van der Waals surface area (Å²) >= 11 is 0. The van der Waals surface area contributed by atoms with Gasteiger partial charge >= 0.3 is 0 Å². The van der Waals surface area contributed by atoms with E-state index in [1.165, 1.54) is 0 Å². The first kappa shape index (κ1) is 12.4. The first-order valence-corrected chi connectivity index (χ1v) is 6.64. The SMILES string of the molecule is O=C1CCCCCN1NN1CCCCCC1=O. The van der Waals surface area contributed by atoms with Crippen molar-refractivity contribution in [1.29, 1.82) is 0 Å². The standard InChI is InChI=1S/C12H21N3O2/c16-11-7-3-1-5-9-14(11)13-15-10-6-2-4-8-12(15)17/h13H,1-10H2. The minimum atomic E-state index is 0.111. The second-order valence-electron chi connectivity index (χ2n) is 4.81. The van der Waals surface area contributed by atoms with Crippen LogP contribution in [0, 0.1) is 0 Å². The van der Waals surface area contributed by atoms with Crippen molar-refractivity contribution in [2.45, 2.75) is 51.4 Å². The molecule has 1 N–H and O–H groups in total. The maximum absolute atomic E-state index is 11.8. The molecule has 2 aliphatic rings. The molecule has 0 unspecified atom stereocenters. The van der Waals surface area contributed by atoms with Crippen molar-refractivity contribution in [3.8, 4) is 0 Å². The molecule has 96 valence electrons. The van der Waals surface area contributed by atoms with Crippen molar-refractivity contribution in [3.63, 3.8) is 0 Å². The molecule has 0 saturated carbocycles. The average molecular weight is 239 g/mol. The zero-order chi connectivity index (χ0) is 12.1. The third-order valence-corrected chi connectivity index (χ3v) is 3.39. The Hall–Kier alpha value is -1.10. The van der Waals surface area contributed by atoms with Crippen molar-refractivity contribution >= 4 is 11.8 Å². The number of hydrazine groups is 2. The van der Waals surface area contributed by atoms with Gasteiger partial charge in [-0.3, -0.25) is 19.6 Å². The molecule has 0 aromatic carbocycles. The topological polar surface area (TPSA) is 52.7 Å². The molecule has 5 heteroatoms. The Morgan fingerprint density at radius 2 is 1.18 bits per heavy atom. The number of amides is 2. The maximum atomic E-state index is 11.8. The van der Waals surface area contributed by atoms with Gasteiger partial charge in [0.25, 0.3) is 0 Å². The van der Waals surface area contributed by atoms with Crippen LogP contribution in [0.25, 0.3) is 0 Å². The van der Waals surface area contributed by atoms with Crippen LogP contribution in [0.2, 0.25) is 0 Å². The van der Waals surface area contributed by atoms with Crippen molar-refractivity contribution in [3.05, 3.63) is 0 Å². The summed E-state index contributed by atoms with van der Waals surface area (Å²) in [6, 6.07) is 0. The van der Waals surface area contributed by atoms with Gasteiger partial charge in [-0.15, -0.1) is 5.53 Å². The van der Waals surface area contributed by atoms with Gasteiger partial charge in [-0.2, -0.15) is 0 Å². The minimum absolute atomic E-state index is 0.111. The van der Waals surface area contributed by atoms with Crippen LogP contribution in [0.15, 0.2) is 0 Å². The van der Waals surface area contributed by atoms with Crippen molar-refractivity contribution in [2.24, 2.45) is 0 Å². The molecule has 2 saturated heterocycles. The van der Waals surface area contributed by atoms with Crippen LogP contribution in [0.3, 0.4) is 0 Å². The molecule has 0 bridgehead atoms. The zero-order valence-corrected chi connectivity index (χ0v) is 10.3. The largest absolute Gasteiger partial charge is 0.273 e. The highest BCUT2D eigenvalue weighted by Crippen LogP contribution is 2.12. The molecule has 0 aliphatic carbocycles. The number of rotatable bonds is 2. The molecule has 2 amide bonds. The zero-order valence-electron chi connectivity index (χ0n) is 10.3. The summed E-state index contributed by atoms with van der Waals surface area (Å²) in [5.41, 5.74) is 3.00. The molecule has 17 heavy (non-hydrogen) atoms. The maximum Gasteiger partial charge on any atom is 0.238 e. The highest BCUT2D eigenvalue weighted by atomic mass is 16.2. The van der Waals surface area contributed by atoms with Gasteiger partial charge in [-0.05, 0) is 25.7 Å².